The second-order valence-corrected chi connectivity index (χ2v) is 11.3. The zero-order valence-corrected chi connectivity index (χ0v) is 22.6. The van der Waals surface area contributed by atoms with E-state index < -0.39 is 0 Å². The highest BCUT2D eigenvalue weighted by Gasteiger charge is 2.27. The van der Waals surface area contributed by atoms with Crippen LogP contribution >= 0.6 is 0 Å². The molecule has 5 N–H and O–H groups in total. The Morgan fingerprint density at radius 2 is 1.77 bits per heavy atom. The predicted octanol–water partition coefficient (Wildman–Crippen LogP) is 5.06. The fraction of sp³-hybridized carbons (Fsp3) is 0.593. The Labute approximate surface area is 211 Å². The molecule has 8 nitrogen and oxygen atoms in total. The van der Waals surface area contributed by atoms with Crippen molar-refractivity contribution in [1.82, 2.24) is 20.3 Å². The highest BCUT2D eigenvalue weighted by Crippen LogP contribution is 2.26. The highest BCUT2D eigenvalue weighted by atomic mass is 15.3. The van der Waals surface area contributed by atoms with E-state index in [1.807, 2.05) is 32.2 Å². The molecule has 0 saturated heterocycles. The van der Waals surface area contributed by atoms with E-state index in [9.17, 15) is 0 Å². The molecular weight excluding hydrogens is 436 g/mol. The highest BCUT2D eigenvalue weighted by molar-refractivity contribution is 5.69. The SMILES string of the molecule is C=C(N)c1ccc(C)c(Nc2nc(N[C@@H]3CCCC[C@@H]3NC(C)C)nc(N(C)CC(C)(C)C)n2)c1. The number of aromatic nitrogens is 3. The van der Waals surface area contributed by atoms with Gasteiger partial charge in [0.2, 0.25) is 17.8 Å². The standard InChI is InChI=1S/C27H44N8/c1-17(2)29-21-11-9-10-12-22(21)30-24-32-25(34-26(33-24)35(8)16-27(5,6)7)31-23-15-20(19(4)28)14-13-18(23)3/h13-15,17,21-22,29H,4,9-12,16,28H2,1-3,5-8H3,(H2,30,31,32,33,34)/t21-,22+/m0/s1. The normalized spacial score (nSPS) is 18.4. The van der Waals surface area contributed by atoms with Crippen molar-refractivity contribution in [2.24, 2.45) is 11.1 Å². The van der Waals surface area contributed by atoms with E-state index in [2.05, 4.69) is 62.0 Å². The van der Waals surface area contributed by atoms with E-state index in [4.69, 9.17) is 20.7 Å². The molecule has 1 aliphatic carbocycles. The number of nitrogens with zero attached hydrogens (tertiary/aromatic N) is 4. The summed E-state index contributed by atoms with van der Waals surface area (Å²) in [5, 5.41) is 10.8. The van der Waals surface area contributed by atoms with Crippen LogP contribution in [-0.2, 0) is 0 Å². The first-order chi connectivity index (χ1) is 16.4. The molecule has 0 amide bonds. The maximum absolute atomic E-state index is 5.94. The zero-order valence-electron chi connectivity index (χ0n) is 22.6. The number of hydrogen-bond acceptors (Lipinski definition) is 8. The summed E-state index contributed by atoms with van der Waals surface area (Å²) in [4.78, 5) is 16.5. The number of hydrogen-bond donors (Lipinski definition) is 4. The lowest BCUT2D eigenvalue weighted by Gasteiger charge is -2.34. The van der Waals surface area contributed by atoms with Crippen molar-refractivity contribution < 1.29 is 0 Å². The smallest absolute Gasteiger partial charge is 0.233 e. The molecule has 0 aliphatic heterocycles. The first kappa shape index (κ1) is 26.7. The average Bonchev–Trinajstić information content (AvgIpc) is 2.75. The average molecular weight is 481 g/mol. The molecule has 2 atom stereocenters. The summed E-state index contributed by atoms with van der Waals surface area (Å²) in [6.45, 7) is 17.8. The second-order valence-electron chi connectivity index (χ2n) is 11.3. The van der Waals surface area contributed by atoms with Gasteiger partial charge in [0, 0.05) is 43.1 Å². The van der Waals surface area contributed by atoms with Crippen LogP contribution in [0, 0.1) is 12.3 Å². The number of aryl methyl sites for hydroxylation is 1. The summed E-state index contributed by atoms with van der Waals surface area (Å²) in [6.07, 6.45) is 4.69. The first-order valence-corrected chi connectivity index (χ1v) is 12.7. The number of nitrogens with two attached hydrogens (primary N) is 1. The largest absolute Gasteiger partial charge is 0.399 e. The van der Waals surface area contributed by atoms with Gasteiger partial charge in [0.15, 0.2) is 0 Å². The molecule has 0 spiro atoms. The van der Waals surface area contributed by atoms with E-state index in [1.54, 1.807) is 0 Å². The molecule has 35 heavy (non-hydrogen) atoms. The van der Waals surface area contributed by atoms with Crippen molar-refractivity contribution in [3.05, 3.63) is 35.9 Å². The molecule has 1 fully saturated rings. The molecule has 0 radical (unpaired) electrons. The fourth-order valence-electron chi connectivity index (χ4n) is 4.61. The summed E-state index contributed by atoms with van der Waals surface area (Å²) in [6, 6.07) is 7.06. The molecule has 1 saturated carbocycles. The van der Waals surface area contributed by atoms with Gasteiger partial charge in [0.05, 0.1) is 0 Å². The molecule has 0 bridgehead atoms. The minimum absolute atomic E-state index is 0.102. The molecule has 0 unspecified atom stereocenters. The molecule has 1 aromatic carbocycles. The van der Waals surface area contributed by atoms with Gasteiger partial charge in [-0.3, -0.25) is 0 Å². The van der Waals surface area contributed by atoms with E-state index >= 15 is 0 Å². The second kappa shape index (κ2) is 11.2. The molecule has 1 heterocycles. The molecule has 192 valence electrons. The lowest BCUT2D eigenvalue weighted by atomic mass is 9.90. The van der Waals surface area contributed by atoms with Crippen LogP contribution in [0.1, 0.15) is 71.4 Å². The Kier molecular flexibility index (Phi) is 8.59. The molecule has 3 rings (SSSR count). The van der Waals surface area contributed by atoms with Gasteiger partial charge in [-0.2, -0.15) is 15.0 Å². The van der Waals surface area contributed by atoms with E-state index in [0.717, 1.165) is 36.2 Å². The lowest BCUT2D eigenvalue weighted by molar-refractivity contribution is 0.324. The summed E-state index contributed by atoms with van der Waals surface area (Å²) in [5.74, 6) is 1.74. The summed E-state index contributed by atoms with van der Waals surface area (Å²) in [5.41, 5.74) is 9.41. The van der Waals surface area contributed by atoms with Gasteiger partial charge in [-0.15, -0.1) is 0 Å². The molecule has 2 aromatic rings. The Hall–Kier alpha value is -2.87. The van der Waals surface area contributed by atoms with Gasteiger partial charge in [0.1, 0.15) is 0 Å². The van der Waals surface area contributed by atoms with Crippen molar-refractivity contribution in [3.8, 4) is 0 Å². The van der Waals surface area contributed by atoms with E-state index in [-0.39, 0.29) is 11.5 Å². The van der Waals surface area contributed by atoms with Crippen LogP contribution in [0.15, 0.2) is 24.8 Å². The number of rotatable bonds is 9. The maximum atomic E-state index is 5.94. The molecule has 1 aromatic heterocycles. The lowest BCUT2D eigenvalue weighted by Crippen LogP contribution is -2.48. The Morgan fingerprint density at radius 1 is 1.11 bits per heavy atom. The quantitative estimate of drug-likeness (QED) is 0.395. The summed E-state index contributed by atoms with van der Waals surface area (Å²) >= 11 is 0. The fourth-order valence-corrected chi connectivity index (χ4v) is 4.61. The molecule has 8 heteroatoms. The van der Waals surface area contributed by atoms with Crippen LogP contribution in [0.3, 0.4) is 0 Å². The van der Waals surface area contributed by atoms with E-state index in [0.29, 0.717) is 35.6 Å². The topological polar surface area (TPSA) is 104 Å². The molecule has 1 aliphatic rings. The number of nitrogens with one attached hydrogen (secondary N) is 3. The van der Waals surface area contributed by atoms with Crippen LogP contribution in [-0.4, -0.2) is 46.7 Å². The third kappa shape index (κ3) is 7.82. The van der Waals surface area contributed by atoms with Crippen molar-refractivity contribution in [3.63, 3.8) is 0 Å². The third-order valence-corrected chi connectivity index (χ3v) is 6.16. The van der Waals surface area contributed by atoms with Crippen LogP contribution in [0.4, 0.5) is 23.5 Å². The summed E-state index contributed by atoms with van der Waals surface area (Å²) < 4.78 is 0. The number of benzene rings is 1. The Balaban J connectivity index is 1.94. The van der Waals surface area contributed by atoms with Crippen LogP contribution in [0.5, 0.6) is 0 Å². The van der Waals surface area contributed by atoms with E-state index in [1.165, 1.54) is 12.8 Å². The van der Waals surface area contributed by atoms with Gasteiger partial charge in [-0.05, 0) is 42.4 Å². The van der Waals surface area contributed by atoms with Crippen LogP contribution < -0.4 is 26.6 Å². The minimum Gasteiger partial charge on any atom is -0.399 e. The predicted molar refractivity (Wildman–Crippen MR) is 148 cm³/mol. The van der Waals surface area contributed by atoms with Crippen molar-refractivity contribution in [1.29, 1.82) is 0 Å². The van der Waals surface area contributed by atoms with Crippen molar-refractivity contribution in [2.45, 2.75) is 85.4 Å². The van der Waals surface area contributed by atoms with Gasteiger partial charge in [0.25, 0.3) is 0 Å². The van der Waals surface area contributed by atoms with Gasteiger partial charge in [-0.1, -0.05) is 66.2 Å². The van der Waals surface area contributed by atoms with Crippen molar-refractivity contribution >= 4 is 29.2 Å². The molecular formula is C27H44N8. The number of anilines is 4. The van der Waals surface area contributed by atoms with Crippen molar-refractivity contribution in [2.75, 3.05) is 29.1 Å². The van der Waals surface area contributed by atoms with Gasteiger partial charge in [-0.25, -0.2) is 0 Å². The zero-order chi connectivity index (χ0) is 25.8. The van der Waals surface area contributed by atoms with Crippen LogP contribution in [0.25, 0.3) is 5.70 Å². The third-order valence-electron chi connectivity index (χ3n) is 6.16. The minimum atomic E-state index is 0.102. The Morgan fingerprint density at radius 3 is 2.40 bits per heavy atom. The van der Waals surface area contributed by atoms with Gasteiger partial charge >= 0.3 is 0 Å². The Bertz CT molecular complexity index is 1010. The summed E-state index contributed by atoms with van der Waals surface area (Å²) in [7, 11) is 2.03. The first-order valence-electron chi connectivity index (χ1n) is 12.7. The monoisotopic (exact) mass is 480 g/mol. The van der Waals surface area contributed by atoms with Gasteiger partial charge < -0.3 is 26.6 Å². The maximum Gasteiger partial charge on any atom is 0.233 e. The van der Waals surface area contributed by atoms with Crippen LogP contribution in [0.2, 0.25) is 0 Å².